The van der Waals surface area contributed by atoms with Crippen molar-refractivity contribution in [1.29, 1.82) is 0 Å². The van der Waals surface area contributed by atoms with E-state index in [1.54, 1.807) is 0 Å². The maximum atomic E-state index is 11.9. The molecule has 100 valence electrons. The molecule has 1 atom stereocenters. The van der Waals surface area contributed by atoms with Crippen molar-refractivity contribution in [3.05, 3.63) is 30.6 Å². The van der Waals surface area contributed by atoms with Gasteiger partial charge in [-0.15, -0.1) is 5.10 Å². The zero-order valence-electron chi connectivity index (χ0n) is 10.7. The second-order valence-electron chi connectivity index (χ2n) is 4.36. The van der Waals surface area contributed by atoms with Crippen LogP contribution in [0.3, 0.4) is 0 Å². The standard InChI is InChI=1S/C12H16N6O/c1-9(7-13)6-12(19)15-10-4-2-3-5-11(10)18-8-14-16-17-18/h2-5,8-9H,6-7,13H2,1H3,(H,15,19). The fourth-order valence-corrected chi connectivity index (χ4v) is 1.65. The molecule has 1 unspecified atom stereocenters. The SMILES string of the molecule is CC(CN)CC(=O)Nc1ccccc1-n1cnnn1. The summed E-state index contributed by atoms with van der Waals surface area (Å²) in [5.74, 6) is 0.0821. The van der Waals surface area contributed by atoms with Gasteiger partial charge in [0.05, 0.1) is 11.4 Å². The van der Waals surface area contributed by atoms with Gasteiger partial charge in [0.15, 0.2) is 0 Å². The van der Waals surface area contributed by atoms with E-state index in [1.165, 1.54) is 11.0 Å². The lowest BCUT2D eigenvalue weighted by molar-refractivity contribution is -0.116. The van der Waals surface area contributed by atoms with Crippen LogP contribution in [0.25, 0.3) is 5.69 Å². The highest BCUT2D eigenvalue weighted by atomic mass is 16.1. The largest absolute Gasteiger partial charge is 0.330 e. The monoisotopic (exact) mass is 260 g/mol. The van der Waals surface area contributed by atoms with Crippen molar-refractivity contribution in [3.63, 3.8) is 0 Å². The number of carbonyl (C=O) groups excluding carboxylic acids is 1. The van der Waals surface area contributed by atoms with E-state index in [0.29, 0.717) is 18.7 Å². The molecule has 0 saturated carbocycles. The maximum Gasteiger partial charge on any atom is 0.224 e. The van der Waals surface area contributed by atoms with Crippen LogP contribution in [0.1, 0.15) is 13.3 Å². The van der Waals surface area contributed by atoms with E-state index in [9.17, 15) is 4.79 Å². The van der Waals surface area contributed by atoms with Crippen molar-refractivity contribution in [3.8, 4) is 5.69 Å². The predicted octanol–water partition coefficient (Wildman–Crippen LogP) is 0.586. The number of carbonyl (C=O) groups is 1. The Morgan fingerprint density at radius 2 is 2.26 bits per heavy atom. The third-order valence-electron chi connectivity index (χ3n) is 2.71. The smallest absolute Gasteiger partial charge is 0.224 e. The average Bonchev–Trinajstić information content (AvgIpc) is 2.93. The number of tetrazole rings is 1. The van der Waals surface area contributed by atoms with Gasteiger partial charge in [-0.25, -0.2) is 0 Å². The predicted molar refractivity (Wildman–Crippen MR) is 70.6 cm³/mol. The minimum absolute atomic E-state index is 0.0709. The number of nitrogens with one attached hydrogen (secondary N) is 1. The number of amides is 1. The molecule has 19 heavy (non-hydrogen) atoms. The number of rotatable bonds is 5. The first-order valence-electron chi connectivity index (χ1n) is 6.03. The van der Waals surface area contributed by atoms with Crippen LogP contribution in [-0.4, -0.2) is 32.7 Å². The lowest BCUT2D eigenvalue weighted by atomic mass is 10.1. The maximum absolute atomic E-state index is 11.9. The summed E-state index contributed by atoms with van der Waals surface area (Å²) in [5, 5.41) is 13.8. The second kappa shape index (κ2) is 6.05. The Balaban J connectivity index is 2.15. The lowest BCUT2D eigenvalue weighted by Gasteiger charge is -2.12. The topological polar surface area (TPSA) is 98.7 Å². The molecule has 3 N–H and O–H groups in total. The van der Waals surface area contributed by atoms with Gasteiger partial charge in [0.25, 0.3) is 0 Å². The Bertz CT molecular complexity index is 539. The van der Waals surface area contributed by atoms with Crippen LogP contribution < -0.4 is 11.1 Å². The molecule has 0 saturated heterocycles. The Hall–Kier alpha value is -2.28. The third kappa shape index (κ3) is 3.35. The number of hydrogen-bond donors (Lipinski definition) is 2. The number of anilines is 1. The van der Waals surface area contributed by atoms with Crippen molar-refractivity contribution in [2.24, 2.45) is 11.7 Å². The molecular formula is C12H16N6O. The molecule has 7 heteroatoms. The fraction of sp³-hybridized carbons (Fsp3) is 0.333. The van der Waals surface area contributed by atoms with Gasteiger partial charge in [0.2, 0.25) is 5.91 Å². The van der Waals surface area contributed by atoms with E-state index in [0.717, 1.165) is 5.69 Å². The Morgan fingerprint density at radius 3 is 2.95 bits per heavy atom. The number of aromatic nitrogens is 4. The molecule has 0 bridgehead atoms. The molecular weight excluding hydrogens is 244 g/mol. The summed E-state index contributed by atoms with van der Waals surface area (Å²) in [6.07, 6.45) is 1.87. The zero-order chi connectivity index (χ0) is 13.7. The van der Waals surface area contributed by atoms with Crippen LogP contribution in [0.5, 0.6) is 0 Å². The average molecular weight is 260 g/mol. The van der Waals surface area contributed by atoms with Crippen molar-refractivity contribution < 1.29 is 4.79 Å². The first kappa shape index (κ1) is 13.2. The number of benzene rings is 1. The minimum atomic E-state index is -0.0709. The van der Waals surface area contributed by atoms with E-state index in [-0.39, 0.29) is 11.8 Å². The molecule has 2 aromatic rings. The summed E-state index contributed by atoms with van der Waals surface area (Å²) in [4.78, 5) is 11.9. The Kier molecular flexibility index (Phi) is 4.19. The summed E-state index contributed by atoms with van der Waals surface area (Å²) >= 11 is 0. The molecule has 0 aliphatic carbocycles. The van der Waals surface area contributed by atoms with Crippen LogP contribution >= 0.6 is 0 Å². The van der Waals surface area contributed by atoms with Crippen molar-refractivity contribution >= 4 is 11.6 Å². The molecule has 1 heterocycles. The first-order valence-corrected chi connectivity index (χ1v) is 6.03. The van der Waals surface area contributed by atoms with Gasteiger partial charge in [-0.3, -0.25) is 4.79 Å². The first-order chi connectivity index (χ1) is 9.20. The molecule has 2 rings (SSSR count). The zero-order valence-corrected chi connectivity index (χ0v) is 10.7. The normalized spacial score (nSPS) is 12.1. The van der Waals surface area contributed by atoms with E-state index < -0.39 is 0 Å². The van der Waals surface area contributed by atoms with Gasteiger partial charge in [-0.05, 0) is 35.0 Å². The number of nitrogens with two attached hydrogens (primary N) is 1. The van der Waals surface area contributed by atoms with Crippen molar-refractivity contribution in [1.82, 2.24) is 20.2 Å². The van der Waals surface area contributed by atoms with Crippen molar-refractivity contribution in [2.45, 2.75) is 13.3 Å². The number of para-hydroxylation sites is 2. The fourth-order valence-electron chi connectivity index (χ4n) is 1.65. The summed E-state index contributed by atoms with van der Waals surface area (Å²) in [6.45, 7) is 2.43. The van der Waals surface area contributed by atoms with Gasteiger partial charge in [0.1, 0.15) is 6.33 Å². The summed E-state index contributed by atoms with van der Waals surface area (Å²) in [7, 11) is 0. The summed E-state index contributed by atoms with van der Waals surface area (Å²) < 4.78 is 1.50. The molecule has 1 amide bonds. The quantitative estimate of drug-likeness (QED) is 0.819. The van der Waals surface area contributed by atoms with Crippen LogP contribution in [0.15, 0.2) is 30.6 Å². The van der Waals surface area contributed by atoms with Gasteiger partial charge >= 0.3 is 0 Å². The lowest BCUT2D eigenvalue weighted by Crippen LogP contribution is -2.20. The molecule has 0 aliphatic heterocycles. The highest BCUT2D eigenvalue weighted by Gasteiger charge is 2.11. The number of hydrogen-bond acceptors (Lipinski definition) is 5. The van der Waals surface area contributed by atoms with Gasteiger partial charge < -0.3 is 11.1 Å². The molecule has 0 radical (unpaired) electrons. The van der Waals surface area contributed by atoms with Gasteiger partial charge in [-0.2, -0.15) is 4.68 Å². The molecule has 7 nitrogen and oxygen atoms in total. The molecule has 0 aliphatic rings. The van der Waals surface area contributed by atoms with Crippen LogP contribution in [0, 0.1) is 5.92 Å². The Labute approximate surface area is 110 Å². The highest BCUT2D eigenvalue weighted by Crippen LogP contribution is 2.18. The van der Waals surface area contributed by atoms with Gasteiger partial charge in [-0.1, -0.05) is 19.1 Å². The molecule has 0 fully saturated rings. The second-order valence-corrected chi connectivity index (χ2v) is 4.36. The molecule has 1 aromatic carbocycles. The number of nitrogens with zero attached hydrogens (tertiary/aromatic N) is 4. The van der Waals surface area contributed by atoms with E-state index in [2.05, 4.69) is 20.8 Å². The van der Waals surface area contributed by atoms with Crippen LogP contribution in [-0.2, 0) is 4.79 Å². The van der Waals surface area contributed by atoms with Crippen molar-refractivity contribution in [2.75, 3.05) is 11.9 Å². The van der Waals surface area contributed by atoms with Gasteiger partial charge in [0, 0.05) is 6.42 Å². The summed E-state index contributed by atoms with van der Waals surface area (Å²) in [5.41, 5.74) is 6.90. The highest BCUT2D eigenvalue weighted by molar-refractivity contribution is 5.92. The Morgan fingerprint density at radius 1 is 1.47 bits per heavy atom. The summed E-state index contributed by atoms with van der Waals surface area (Å²) in [6, 6.07) is 7.34. The van der Waals surface area contributed by atoms with E-state index in [4.69, 9.17) is 5.73 Å². The van der Waals surface area contributed by atoms with Crippen LogP contribution in [0.4, 0.5) is 5.69 Å². The minimum Gasteiger partial charge on any atom is -0.330 e. The molecule has 0 spiro atoms. The van der Waals surface area contributed by atoms with Crippen LogP contribution in [0.2, 0.25) is 0 Å². The van der Waals surface area contributed by atoms with E-state index in [1.807, 2.05) is 31.2 Å². The van der Waals surface area contributed by atoms with E-state index >= 15 is 0 Å². The molecule has 1 aromatic heterocycles. The third-order valence-corrected chi connectivity index (χ3v) is 2.71.